The van der Waals surface area contributed by atoms with Crippen molar-refractivity contribution in [1.29, 1.82) is 0 Å². The van der Waals surface area contributed by atoms with Crippen molar-refractivity contribution in [3.63, 3.8) is 0 Å². The summed E-state index contributed by atoms with van der Waals surface area (Å²) in [7, 11) is -1.56. The maximum atomic E-state index is 12.8. The summed E-state index contributed by atoms with van der Waals surface area (Å²) in [5, 5.41) is 7.41. The lowest BCUT2D eigenvalue weighted by molar-refractivity contribution is 0.315. The molecule has 0 unspecified atom stereocenters. The number of rotatable bonds is 2. The van der Waals surface area contributed by atoms with Gasteiger partial charge < -0.3 is 4.90 Å². The number of hydrogen-bond donors (Lipinski definition) is 0. The molecule has 1 aromatic heterocycles. The van der Waals surface area contributed by atoms with Crippen molar-refractivity contribution in [1.82, 2.24) is 19.5 Å². The van der Waals surface area contributed by atoms with Crippen LogP contribution in [0.25, 0.3) is 11.0 Å². The molecule has 9 heteroatoms. The van der Waals surface area contributed by atoms with Gasteiger partial charge in [-0.3, -0.25) is 0 Å². The minimum Gasteiger partial charge on any atom is -0.305 e. The molecule has 21 heavy (non-hydrogen) atoms. The second-order valence-corrected chi connectivity index (χ2v) is 6.86. The van der Waals surface area contributed by atoms with E-state index in [4.69, 9.17) is 0 Å². The summed E-state index contributed by atoms with van der Waals surface area (Å²) in [4.78, 5) is 2.30. The van der Waals surface area contributed by atoms with Gasteiger partial charge in [0, 0.05) is 19.6 Å². The first-order chi connectivity index (χ1) is 9.59. The Kier molecular flexibility index (Phi) is 4.82. The van der Waals surface area contributed by atoms with Gasteiger partial charge in [0.25, 0.3) is 0 Å². The van der Waals surface area contributed by atoms with Crippen LogP contribution in [-0.4, -0.2) is 61.2 Å². The van der Waals surface area contributed by atoms with E-state index in [0.29, 0.717) is 24.1 Å². The molecular weight excluding hydrogens is 316 g/mol. The molecule has 1 fully saturated rings. The van der Waals surface area contributed by atoms with Crippen molar-refractivity contribution in [2.24, 2.45) is 0 Å². The van der Waals surface area contributed by atoms with Crippen molar-refractivity contribution in [2.45, 2.75) is 11.3 Å². The van der Waals surface area contributed by atoms with E-state index in [1.807, 2.05) is 7.05 Å². The molecule has 2 aromatic rings. The van der Waals surface area contributed by atoms with Gasteiger partial charge in [-0.1, -0.05) is 6.07 Å². The summed E-state index contributed by atoms with van der Waals surface area (Å²) < 4.78 is 31.7. The van der Waals surface area contributed by atoms with E-state index in [2.05, 4.69) is 19.8 Å². The van der Waals surface area contributed by atoms with Gasteiger partial charge in [-0.2, -0.15) is 4.31 Å². The average molecular weight is 333 g/mol. The molecular formula is C12H17ClN4O3S. The molecule has 0 aliphatic carbocycles. The van der Waals surface area contributed by atoms with Crippen molar-refractivity contribution < 1.29 is 13.0 Å². The molecule has 7 nitrogen and oxygen atoms in total. The van der Waals surface area contributed by atoms with Crippen LogP contribution in [0.3, 0.4) is 0 Å². The summed E-state index contributed by atoms with van der Waals surface area (Å²) in [5.41, 5.74) is 0.753. The monoisotopic (exact) mass is 332 g/mol. The molecule has 2 heterocycles. The van der Waals surface area contributed by atoms with Crippen LogP contribution in [-0.2, 0) is 10.0 Å². The smallest absolute Gasteiger partial charge is 0.245 e. The normalized spacial score (nSPS) is 18.3. The quantitative estimate of drug-likeness (QED) is 0.815. The van der Waals surface area contributed by atoms with Crippen LogP contribution in [0, 0.1) is 0 Å². The summed E-state index contributed by atoms with van der Waals surface area (Å²) in [6.07, 6.45) is 0.822. The summed E-state index contributed by atoms with van der Waals surface area (Å²) >= 11 is 0. The zero-order chi connectivity index (χ0) is 14.2. The van der Waals surface area contributed by atoms with Gasteiger partial charge in [-0.05, 0) is 42.5 Å². The first-order valence-electron chi connectivity index (χ1n) is 6.49. The Morgan fingerprint density at radius 1 is 1.14 bits per heavy atom. The van der Waals surface area contributed by atoms with E-state index >= 15 is 0 Å². The van der Waals surface area contributed by atoms with E-state index in [-0.39, 0.29) is 17.3 Å². The van der Waals surface area contributed by atoms with Crippen molar-refractivity contribution >= 4 is 33.5 Å². The number of aromatic nitrogens is 2. The van der Waals surface area contributed by atoms with E-state index in [9.17, 15) is 8.42 Å². The van der Waals surface area contributed by atoms with Crippen molar-refractivity contribution in [2.75, 3.05) is 33.2 Å². The molecule has 1 aromatic carbocycles. The molecule has 0 N–H and O–H groups in total. The number of sulfonamides is 1. The fourth-order valence-electron chi connectivity index (χ4n) is 2.39. The number of nitrogens with zero attached hydrogens (tertiary/aromatic N) is 4. The van der Waals surface area contributed by atoms with Gasteiger partial charge in [0.1, 0.15) is 10.4 Å². The fraction of sp³-hybridized carbons (Fsp3) is 0.500. The molecule has 0 radical (unpaired) electrons. The lowest BCUT2D eigenvalue weighted by Gasteiger charge is -2.20. The minimum atomic E-state index is -3.56. The summed E-state index contributed by atoms with van der Waals surface area (Å²) in [6.45, 7) is 2.64. The van der Waals surface area contributed by atoms with Crippen LogP contribution in [0.5, 0.6) is 0 Å². The molecule has 3 rings (SSSR count). The molecule has 1 saturated heterocycles. The van der Waals surface area contributed by atoms with Gasteiger partial charge in [0.2, 0.25) is 10.0 Å². The molecule has 0 spiro atoms. The second kappa shape index (κ2) is 6.27. The predicted octanol–water partition coefficient (Wildman–Crippen LogP) is 0.971. The standard InChI is InChI=1S/C12H16N4O3S.ClH/c1-15-6-3-7-16(9-8-15)20(17,18)11-5-2-4-10-12(11)14-19-13-10;/h2,4-5H,3,6-9H2,1H3;1H. The van der Waals surface area contributed by atoms with Crippen LogP contribution in [0.4, 0.5) is 0 Å². The van der Waals surface area contributed by atoms with Crippen LogP contribution in [0.15, 0.2) is 27.7 Å². The van der Waals surface area contributed by atoms with E-state index in [1.165, 1.54) is 4.31 Å². The lowest BCUT2D eigenvalue weighted by atomic mass is 10.3. The highest BCUT2D eigenvalue weighted by Crippen LogP contribution is 2.24. The van der Waals surface area contributed by atoms with E-state index < -0.39 is 10.0 Å². The maximum absolute atomic E-state index is 12.8. The molecule has 0 atom stereocenters. The Balaban J connectivity index is 0.00000161. The predicted molar refractivity (Wildman–Crippen MR) is 79.9 cm³/mol. The molecule has 1 aliphatic rings. The number of benzene rings is 1. The van der Waals surface area contributed by atoms with E-state index in [1.54, 1.807) is 18.2 Å². The summed E-state index contributed by atoms with van der Waals surface area (Å²) in [6, 6.07) is 4.89. The van der Waals surface area contributed by atoms with Gasteiger partial charge in [-0.15, -0.1) is 12.4 Å². The number of halogens is 1. The largest absolute Gasteiger partial charge is 0.305 e. The highest BCUT2D eigenvalue weighted by molar-refractivity contribution is 7.89. The van der Waals surface area contributed by atoms with Gasteiger partial charge in [0.05, 0.1) is 0 Å². The Bertz CT molecular complexity index is 718. The van der Waals surface area contributed by atoms with Crippen LogP contribution in [0.2, 0.25) is 0 Å². The SMILES string of the molecule is CN1CCCN(S(=O)(=O)c2cccc3nonc23)CC1.Cl. The first kappa shape index (κ1) is 16.2. The number of fused-ring (bicyclic) bond motifs is 1. The van der Waals surface area contributed by atoms with Gasteiger partial charge in [-0.25, -0.2) is 13.0 Å². The van der Waals surface area contributed by atoms with Gasteiger partial charge >= 0.3 is 0 Å². The number of hydrogen-bond acceptors (Lipinski definition) is 6. The van der Waals surface area contributed by atoms with Gasteiger partial charge in [0.15, 0.2) is 5.52 Å². The van der Waals surface area contributed by atoms with Crippen molar-refractivity contribution in [3.8, 4) is 0 Å². The van der Waals surface area contributed by atoms with Crippen LogP contribution in [0.1, 0.15) is 6.42 Å². The maximum Gasteiger partial charge on any atom is 0.245 e. The highest BCUT2D eigenvalue weighted by Gasteiger charge is 2.29. The minimum absolute atomic E-state index is 0. The Hall–Kier alpha value is -1.22. The molecule has 1 aliphatic heterocycles. The average Bonchev–Trinajstić information content (AvgIpc) is 2.79. The topological polar surface area (TPSA) is 79.5 Å². The Labute approximate surface area is 129 Å². The molecule has 0 amide bonds. The highest BCUT2D eigenvalue weighted by atomic mass is 35.5. The second-order valence-electron chi connectivity index (χ2n) is 4.95. The molecule has 0 saturated carbocycles. The van der Waals surface area contributed by atoms with Crippen LogP contribution < -0.4 is 0 Å². The third kappa shape index (κ3) is 3.03. The summed E-state index contributed by atoms with van der Waals surface area (Å²) in [5.74, 6) is 0. The fourth-order valence-corrected chi connectivity index (χ4v) is 4.00. The zero-order valence-corrected chi connectivity index (χ0v) is 13.2. The van der Waals surface area contributed by atoms with E-state index in [0.717, 1.165) is 19.5 Å². The van der Waals surface area contributed by atoms with Crippen molar-refractivity contribution in [3.05, 3.63) is 18.2 Å². The Morgan fingerprint density at radius 2 is 1.95 bits per heavy atom. The molecule has 0 bridgehead atoms. The zero-order valence-electron chi connectivity index (χ0n) is 11.6. The first-order valence-corrected chi connectivity index (χ1v) is 7.93. The third-order valence-electron chi connectivity index (χ3n) is 3.55. The molecule has 116 valence electrons. The Morgan fingerprint density at radius 3 is 2.76 bits per heavy atom. The third-order valence-corrected chi connectivity index (χ3v) is 5.48. The lowest BCUT2D eigenvalue weighted by Crippen LogP contribution is -2.34. The number of likely N-dealkylation sites (N-methyl/N-ethyl adjacent to an activating group) is 1. The van der Waals surface area contributed by atoms with Crippen LogP contribution >= 0.6 is 12.4 Å².